The number of hydrogen-bond acceptors (Lipinski definition) is 3. The van der Waals surface area contributed by atoms with Gasteiger partial charge in [-0.3, -0.25) is 9.59 Å². The minimum atomic E-state index is -0.568. The maximum Gasteiger partial charge on any atom is 0.252 e. The first-order valence-electron chi connectivity index (χ1n) is 4.30. The van der Waals surface area contributed by atoms with Gasteiger partial charge in [0, 0.05) is 18.7 Å². The molecule has 5 nitrogen and oxygen atoms in total. The van der Waals surface area contributed by atoms with Gasteiger partial charge < -0.3 is 15.8 Å². The van der Waals surface area contributed by atoms with E-state index in [0.29, 0.717) is 11.4 Å². The van der Waals surface area contributed by atoms with Crippen LogP contribution in [0.1, 0.15) is 17.3 Å². The molecule has 2 amide bonds. The lowest BCUT2D eigenvalue weighted by Crippen LogP contribution is -2.13. The quantitative estimate of drug-likeness (QED) is 0.769. The van der Waals surface area contributed by atoms with Crippen LogP contribution >= 0.6 is 0 Å². The molecule has 80 valence electrons. The number of nitrogens with one attached hydrogen (secondary N) is 1. The average molecular weight is 208 g/mol. The van der Waals surface area contributed by atoms with Crippen LogP contribution in [-0.2, 0) is 4.79 Å². The van der Waals surface area contributed by atoms with Crippen LogP contribution < -0.4 is 15.8 Å². The summed E-state index contributed by atoms with van der Waals surface area (Å²) < 4.78 is 4.98. The highest BCUT2D eigenvalue weighted by atomic mass is 16.5. The van der Waals surface area contributed by atoms with Crippen LogP contribution in [-0.4, -0.2) is 18.9 Å². The first kappa shape index (κ1) is 11.0. The highest BCUT2D eigenvalue weighted by molar-refractivity contribution is 5.97. The van der Waals surface area contributed by atoms with Crippen molar-refractivity contribution in [2.75, 3.05) is 12.4 Å². The summed E-state index contributed by atoms with van der Waals surface area (Å²) in [6.07, 6.45) is 0. The molecule has 0 heterocycles. The lowest BCUT2D eigenvalue weighted by atomic mass is 10.1. The lowest BCUT2D eigenvalue weighted by Gasteiger charge is -2.08. The Labute approximate surface area is 87.2 Å². The van der Waals surface area contributed by atoms with Gasteiger partial charge in [0.05, 0.1) is 12.7 Å². The molecule has 3 N–H and O–H groups in total. The summed E-state index contributed by atoms with van der Waals surface area (Å²) in [6.45, 7) is 1.40. The summed E-state index contributed by atoms with van der Waals surface area (Å²) in [6, 6.07) is 4.64. The summed E-state index contributed by atoms with van der Waals surface area (Å²) in [5, 5.41) is 2.57. The van der Waals surface area contributed by atoms with Crippen molar-refractivity contribution in [3.05, 3.63) is 23.8 Å². The van der Waals surface area contributed by atoms with Crippen LogP contribution in [0.5, 0.6) is 5.75 Å². The fourth-order valence-electron chi connectivity index (χ4n) is 1.18. The third kappa shape index (κ3) is 2.70. The molecule has 0 fully saturated rings. The number of hydrogen-bond donors (Lipinski definition) is 2. The van der Waals surface area contributed by atoms with E-state index in [1.807, 2.05) is 0 Å². The zero-order valence-corrected chi connectivity index (χ0v) is 8.53. The number of benzene rings is 1. The standard InChI is InChI=1S/C10H12N2O3/c1-6(13)12-7-3-4-8(10(11)14)9(5-7)15-2/h3-5H,1-2H3,(H2,11,14)(H,12,13). The number of amides is 2. The molecule has 1 aromatic rings. The van der Waals surface area contributed by atoms with E-state index in [1.165, 1.54) is 20.1 Å². The molecule has 0 radical (unpaired) electrons. The van der Waals surface area contributed by atoms with E-state index in [9.17, 15) is 9.59 Å². The average Bonchev–Trinajstić information content (AvgIpc) is 2.16. The van der Waals surface area contributed by atoms with Gasteiger partial charge in [0.25, 0.3) is 5.91 Å². The Balaban J connectivity index is 3.07. The normalized spacial score (nSPS) is 9.47. The van der Waals surface area contributed by atoms with Crippen LogP contribution in [0, 0.1) is 0 Å². The maximum absolute atomic E-state index is 11.0. The molecular formula is C10H12N2O3. The van der Waals surface area contributed by atoms with Crippen molar-refractivity contribution in [3.63, 3.8) is 0 Å². The number of ether oxygens (including phenoxy) is 1. The smallest absolute Gasteiger partial charge is 0.252 e. The fraction of sp³-hybridized carbons (Fsp3) is 0.200. The SMILES string of the molecule is COc1cc(NC(C)=O)ccc1C(N)=O. The Hall–Kier alpha value is -2.04. The number of carbonyl (C=O) groups is 2. The Morgan fingerprint density at radius 3 is 2.53 bits per heavy atom. The number of rotatable bonds is 3. The molecule has 0 aliphatic carbocycles. The molecule has 0 aliphatic rings. The van der Waals surface area contributed by atoms with Crippen molar-refractivity contribution in [1.82, 2.24) is 0 Å². The molecule has 0 atom stereocenters. The molecule has 0 spiro atoms. The number of methoxy groups -OCH3 is 1. The molecule has 0 aliphatic heterocycles. The van der Waals surface area contributed by atoms with Crippen molar-refractivity contribution < 1.29 is 14.3 Å². The highest BCUT2D eigenvalue weighted by Crippen LogP contribution is 2.22. The molecule has 0 bridgehead atoms. The van der Waals surface area contributed by atoms with E-state index < -0.39 is 5.91 Å². The number of carbonyl (C=O) groups excluding carboxylic acids is 2. The largest absolute Gasteiger partial charge is 0.496 e. The fourth-order valence-corrected chi connectivity index (χ4v) is 1.18. The van der Waals surface area contributed by atoms with E-state index in [-0.39, 0.29) is 11.5 Å². The van der Waals surface area contributed by atoms with Gasteiger partial charge in [-0.1, -0.05) is 0 Å². The van der Waals surface area contributed by atoms with Crippen LogP contribution in [0.2, 0.25) is 0 Å². The molecular weight excluding hydrogens is 196 g/mol. The van der Waals surface area contributed by atoms with Gasteiger partial charge in [-0.05, 0) is 12.1 Å². The molecule has 5 heteroatoms. The van der Waals surface area contributed by atoms with Crippen LogP contribution in [0.4, 0.5) is 5.69 Å². The van der Waals surface area contributed by atoms with Gasteiger partial charge in [0.15, 0.2) is 0 Å². The first-order chi connectivity index (χ1) is 7.04. The van der Waals surface area contributed by atoms with Gasteiger partial charge in [-0.2, -0.15) is 0 Å². The molecule has 0 saturated carbocycles. The summed E-state index contributed by atoms with van der Waals surface area (Å²) in [4.78, 5) is 21.8. The van der Waals surface area contributed by atoms with Crippen molar-refractivity contribution in [1.29, 1.82) is 0 Å². The molecule has 0 aromatic heterocycles. The Kier molecular flexibility index (Phi) is 3.28. The second kappa shape index (κ2) is 4.45. The molecule has 0 saturated heterocycles. The minimum absolute atomic E-state index is 0.191. The summed E-state index contributed by atoms with van der Waals surface area (Å²) in [7, 11) is 1.43. The first-order valence-corrected chi connectivity index (χ1v) is 4.30. The third-order valence-corrected chi connectivity index (χ3v) is 1.79. The number of nitrogens with two attached hydrogens (primary N) is 1. The van der Waals surface area contributed by atoms with E-state index in [4.69, 9.17) is 10.5 Å². The van der Waals surface area contributed by atoms with E-state index >= 15 is 0 Å². The summed E-state index contributed by atoms with van der Waals surface area (Å²) >= 11 is 0. The lowest BCUT2D eigenvalue weighted by molar-refractivity contribution is -0.114. The van der Waals surface area contributed by atoms with Gasteiger partial charge in [0.2, 0.25) is 5.91 Å². The van der Waals surface area contributed by atoms with Gasteiger partial charge in [0.1, 0.15) is 5.75 Å². The number of primary amides is 1. The second-order valence-electron chi connectivity index (χ2n) is 2.96. The Morgan fingerprint density at radius 2 is 2.07 bits per heavy atom. The summed E-state index contributed by atoms with van der Waals surface area (Å²) in [5.41, 5.74) is 5.98. The number of anilines is 1. The third-order valence-electron chi connectivity index (χ3n) is 1.79. The predicted molar refractivity (Wildman–Crippen MR) is 55.8 cm³/mol. The van der Waals surface area contributed by atoms with Crippen LogP contribution in [0.25, 0.3) is 0 Å². The van der Waals surface area contributed by atoms with Crippen molar-refractivity contribution >= 4 is 17.5 Å². The van der Waals surface area contributed by atoms with E-state index in [2.05, 4.69) is 5.32 Å². The molecule has 1 aromatic carbocycles. The van der Waals surface area contributed by atoms with Crippen LogP contribution in [0.15, 0.2) is 18.2 Å². The van der Waals surface area contributed by atoms with Gasteiger partial charge >= 0.3 is 0 Å². The van der Waals surface area contributed by atoms with E-state index in [0.717, 1.165) is 0 Å². The predicted octanol–water partition coefficient (Wildman–Crippen LogP) is 0.753. The topological polar surface area (TPSA) is 81.4 Å². The van der Waals surface area contributed by atoms with Crippen LogP contribution in [0.3, 0.4) is 0 Å². The summed E-state index contributed by atoms with van der Waals surface area (Å²) in [5.74, 6) is -0.418. The zero-order valence-electron chi connectivity index (χ0n) is 8.53. The monoisotopic (exact) mass is 208 g/mol. The Bertz CT molecular complexity index is 402. The van der Waals surface area contributed by atoms with E-state index in [1.54, 1.807) is 12.1 Å². The molecule has 0 unspecified atom stereocenters. The van der Waals surface area contributed by atoms with Crippen molar-refractivity contribution in [2.45, 2.75) is 6.92 Å². The second-order valence-corrected chi connectivity index (χ2v) is 2.96. The Morgan fingerprint density at radius 1 is 1.40 bits per heavy atom. The maximum atomic E-state index is 11.0. The minimum Gasteiger partial charge on any atom is -0.496 e. The molecule has 1 rings (SSSR count). The van der Waals surface area contributed by atoms with Gasteiger partial charge in [-0.25, -0.2) is 0 Å². The van der Waals surface area contributed by atoms with Crippen molar-refractivity contribution in [2.24, 2.45) is 5.73 Å². The van der Waals surface area contributed by atoms with Crippen molar-refractivity contribution in [3.8, 4) is 5.75 Å². The zero-order chi connectivity index (χ0) is 11.4. The molecule has 15 heavy (non-hydrogen) atoms. The highest BCUT2D eigenvalue weighted by Gasteiger charge is 2.09. The van der Waals surface area contributed by atoms with Gasteiger partial charge in [-0.15, -0.1) is 0 Å².